The smallest absolute Gasteiger partial charge is 0.274 e. The van der Waals surface area contributed by atoms with E-state index in [4.69, 9.17) is 5.10 Å². The number of carbonyl (C=O) groups is 1. The summed E-state index contributed by atoms with van der Waals surface area (Å²) in [5, 5.41) is 8.68. The van der Waals surface area contributed by atoms with E-state index in [1.165, 1.54) is 22.4 Å². The second-order valence-corrected chi connectivity index (χ2v) is 9.85. The predicted molar refractivity (Wildman–Crippen MR) is 122 cm³/mol. The lowest BCUT2D eigenvalue weighted by Gasteiger charge is -2.29. The van der Waals surface area contributed by atoms with Crippen LogP contribution in [0, 0.1) is 0 Å². The lowest BCUT2D eigenvalue weighted by atomic mass is 9.90. The van der Waals surface area contributed by atoms with Gasteiger partial charge in [-0.2, -0.15) is 16.9 Å². The average molecular weight is 423 g/mol. The third kappa shape index (κ3) is 3.83. The first-order valence-electron chi connectivity index (χ1n) is 11.1. The van der Waals surface area contributed by atoms with Gasteiger partial charge in [0.2, 0.25) is 0 Å². The summed E-state index contributed by atoms with van der Waals surface area (Å²) in [7, 11) is 0. The molecule has 1 aromatic carbocycles. The number of hydrogen-bond acceptors (Lipinski definition) is 4. The van der Waals surface area contributed by atoms with Gasteiger partial charge >= 0.3 is 0 Å². The van der Waals surface area contributed by atoms with Gasteiger partial charge in [0, 0.05) is 47.9 Å². The van der Waals surface area contributed by atoms with Gasteiger partial charge in [-0.05, 0) is 43.2 Å². The first kappa shape index (κ1) is 19.9. The van der Waals surface area contributed by atoms with Gasteiger partial charge in [0.1, 0.15) is 0 Å². The van der Waals surface area contributed by atoms with Crippen molar-refractivity contribution in [2.75, 3.05) is 24.6 Å². The highest BCUT2D eigenvalue weighted by atomic mass is 32.2. The molecule has 0 saturated carbocycles. The zero-order chi connectivity index (χ0) is 20.5. The molecule has 0 spiro atoms. The maximum absolute atomic E-state index is 13.3. The molecule has 30 heavy (non-hydrogen) atoms. The molecular weight excluding hydrogens is 392 g/mol. The number of hydrogen-bond donors (Lipinski definition) is 1. The number of amides is 1. The predicted octanol–water partition coefficient (Wildman–Crippen LogP) is 2.87. The van der Waals surface area contributed by atoms with E-state index in [1.54, 1.807) is 0 Å². The average Bonchev–Trinajstić information content (AvgIpc) is 3.35. The third-order valence-corrected chi connectivity index (χ3v) is 7.61. The van der Waals surface area contributed by atoms with E-state index in [0.717, 1.165) is 56.7 Å². The van der Waals surface area contributed by atoms with Crippen LogP contribution in [0.2, 0.25) is 0 Å². The van der Waals surface area contributed by atoms with Gasteiger partial charge < -0.3 is 10.2 Å². The quantitative estimate of drug-likeness (QED) is 0.753. The van der Waals surface area contributed by atoms with Crippen LogP contribution in [0.5, 0.6) is 0 Å². The van der Waals surface area contributed by atoms with E-state index < -0.39 is 0 Å². The standard InChI is InChI=1S/C24H30N4OS/c1-2-9-28-22-8-7-19(25-20-14-17-5-3-4-6-18(17)15-20)16-21(22)23(26-28)24(29)27-10-12-30-13-11-27/h2-6,19-20,25H,1,7-16H2. The van der Waals surface area contributed by atoms with Crippen LogP contribution in [0.15, 0.2) is 36.9 Å². The molecule has 6 heteroatoms. The van der Waals surface area contributed by atoms with Crippen LogP contribution in [0.25, 0.3) is 0 Å². The Labute approximate surface area is 182 Å². The highest BCUT2D eigenvalue weighted by Gasteiger charge is 2.33. The second kappa shape index (κ2) is 8.60. The number of nitrogens with one attached hydrogen (secondary N) is 1. The molecule has 0 bridgehead atoms. The summed E-state index contributed by atoms with van der Waals surface area (Å²) in [6.45, 7) is 6.20. The van der Waals surface area contributed by atoms with Crippen LogP contribution < -0.4 is 5.32 Å². The molecule has 1 N–H and O–H groups in total. The van der Waals surface area contributed by atoms with Crippen LogP contribution in [-0.2, 0) is 32.2 Å². The lowest BCUT2D eigenvalue weighted by molar-refractivity contribution is 0.0764. The number of fused-ring (bicyclic) bond motifs is 2. The summed E-state index contributed by atoms with van der Waals surface area (Å²) in [5.41, 5.74) is 6.03. The van der Waals surface area contributed by atoms with E-state index in [-0.39, 0.29) is 5.91 Å². The molecular formula is C24H30N4OS. The van der Waals surface area contributed by atoms with E-state index in [9.17, 15) is 4.79 Å². The highest BCUT2D eigenvalue weighted by molar-refractivity contribution is 7.99. The summed E-state index contributed by atoms with van der Waals surface area (Å²) in [6.07, 6.45) is 7.04. The number of rotatable bonds is 5. The molecule has 2 aliphatic carbocycles. The van der Waals surface area contributed by atoms with Crippen LogP contribution in [0.4, 0.5) is 0 Å². The fraction of sp³-hybridized carbons (Fsp3) is 0.500. The molecule has 1 fully saturated rings. The Morgan fingerprint density at radius 1 is 1.17 bits per heavy atom. The Balaban J connectivity index is 1.34. The number of allylic oxidation sites excluding steroid dienone is 1. The molecule has 5 rings (SSSR count). The minimum Gasteiger partial charge on any atom is -0.336 e. The number of nitrogens with zero attached hydrogens (tertiary/aromatic N) is 3. The first-order valence-corrected chi connectivity index (χ1v) is 12.3. The highest BCUT2D eigenvalue weighted by Crippen LogP contribution is 2.29. The van der Waals surface area contributed by atoms with Crippen molar-refractivity contribution < 1.29 is 4.79 Å². The van der Waals surface area contributed by atoms with Crippen molar-refractivity contribution in [3.05, 3.63) is 65.0 Å². The molecule has 0 radical (unpaired) electrons. The topological polar surface area (TPSA) is 50.2 Å². The van der Waals surface area contributed by atoms with Crippen LogP contribution in [-0.4, -0.2) is 57.3 Å². The SMILES string of the molecule is C=CCn1nc(C(=O)N2CCSCC2)c2c1CCC(NC1Cc3ccccc3C1)C2. The molecule has 1 aliphatic heterocycles. The third-order valence-electron chi connectivity index (χ3n) is 6.67. The number of carbonyl (C=O) groups excluding carboxylic acids is 1. The van der Waals surface area contributed by atoms with E-state index >= 15 is 0 Å². The van der Waals surface area contributed by atoms with Gasteiger partial charge in [-0.25, -0.2) is 0 Å². The number of aromatic nitrogens is 2. The first-order chi connectivity index (χ1) is 14.7. The van der Waals surface area contributed by atoms with Crippen LogP contribution in [0.1, 0.15) is 39.3 Å². The van der Waals surface area contributed by atoms with Crippen molar-refractivity contribution in [1.29, 1.82) is 0 Å². The zero-order valence-corrected chi connectivity index (χ0v) is 18.3. The molecule has 1 amide bonds. The molecule has 3 aliphatic rings. The van der Waals surface area contributed by atoms with Crippen molar-refractivity contribution in [2.24, 2.45) is 0 Å². The fourth-order valence-corrected chi connectivity index (χ4v) is 6.10. The largest absolute Gasteiger partial charge is 0.336 e. The summed E-state index contributed by atoms with van der Waals surface area (Å²) in [4.78, 5) is 15.3. The van der Waals surface area contributed by atoms with Crippen LogP contribution >= 0.6 is 11.8 Å². The van der Waals surface area contributed by atoms with Crippen molar-refractivity contribution >= 4 is 17.7 Å². The zero-order valence-electron chi connectivity index (χ0n) is 17.5. The van der Waals surface area contributed by atoms with Crippen molar-refractivity contribution in [2.45, 2.75) is 50.7 Å². The summed E-state index contributed by atoms with van der Waals surface area (Å²) in [5.74, 6) is 2.16. The van der Waals surface area contributed by atoms with Crippen molar-refractivity contribution in [1.82, 2.24) is 20.0 Å². The summed E-state index contributed by atoms with van der Waals surface area (Å²) in [6, 6.07) is 9.68. The Morgan fingerprint density at radius 3 is 2.60 bits per heavy atom. The minimum absolute atomic E-state index is 0.114. The Morgan fingerprint density at radius 2 is 1.90 bits per heavy atom. The van der Waals surface area contributed by atoms with Crippen molar-refractivity contribution in [3.63, 3.8) is 0 Å². The molecule has 158 valence electrons. The van der Waals surface area contributed by atoms with Gasteiger partial charge in [0.15, 0.2) is 5.69 Å². The Bertz CT molecular complexity index is 922. The normalized spacial score (nSPS) is 21.3. The lowest BCUT2D eigenvalue weighted by Crippen LogP contribution is -2.43. The Hall–Kier alpha value is -2.05. The monoisotopic (exact) mass is 422 g/mol. The van der Waals surface area contributed by atoms with E-state index in [1.807, 2.05) is 27.4 Å². The van der Waals surface area contributed by atoms with Gasteiger partial charge in [-0.3, -0.25) is 9.48 Å². The molecule has 1 unspecified atom stereocenters. The van der Waals surface area contributed by atoms with Gasteiger partial charge in [0.05, 0.1) is 6.54 Å². The Kier molecular flexibility index (Phi) is 5.70. The molecule has 1 aromatic heterocycles. The van der Waals surface area contributed by atoms with Crippen molar-refractivity contribution in [3.8, 4) is 0 Å². The molecule has 1 atom stereocenters. The number of benzene rings is 1. The van der Waals surface area contributed by atoms with E-state index in [2.05, 4.69) is 36.2 Å². The van der Waals surface area contributed by atoms with E-state index in [0.29, 0.717) is 24.3 Å². The van der Waals surface area contributed by atoms with Crippen LogP contribution in [0.3, 0.4) is 0 Å². The number of thioether (sulfide) groups is 1. The maximum atomic E-state index is 13.3. The fourth-order valence-electron chi connectivity index (χ4n) is 5.20. The minimum atomic E-state index is 0.114. The molecule has 5 nitrogen and oxygen atoms in total. The van der Waals surface area contributed by atoms with Gasteiger partial charge in [-0.1, -0.05) is 30.3 Å². The summed E-state index contributed by atoms with van der Waals surface area (Å²) >= 11 is 1.92. The van der Waals surface area contributed by atoms with Gasteiger partial charge in [0.25, 0.3) is 5.91 Å². The second-order valence-electron chi connectivity index (χ2n) is 8.63. The molecule has 2 heterocycles. The molecule has 1 saturated heterocycles. The summed E-state index contributed by atoms with van der Waals surface area (Å²) < 4.78 is 2.01. The maximum Gasteiger partial charge on any atom is 0.274 e. The van der Waals surface area contributed by atoms with Gasteiger partial charge in [-0.15, -0.1) is 6.58 Å². The molecule has 2 aromatic rings.